The highest BCUT2D eigenvalue weighted by Crippen LogP contribution is 2.33. The molecule has 0 unspecified atom stereocenters. The molecule has 3 rings (SSSR count). The van der Waals surface area contributed by atoms with Crippen LogP contribution < -0.4 is 14.3 Å². The van der Waals surface area contributed by atoms with Crippen molar-refractivity contribution >= 4 is 66.2 Å². The van der Waals surface area contributed by atoms with Crippen LogP contribution in [0.3, 0.4) is 0 Å². The third-order valence-electron chi connectivity index (χ3n) is 4.79. The van der Waals surface area contributed by atoms with Gasteiger partial charge in [-0.2, -0.15) is 13.2 Å². The van der Waals surface area contributed by atoms with Gasteiger partial charge in [0.25, 0.3) is 10.0 Å². The van der Waals surface area contributed by atoms with E-state index in [4.69, 9.17) is 23.2 Å². The second-order valence-electron chi connectivity index (χ2n) is 7.60. The minimum absolute atomic E-state index is 0.00725. The van der Waals surface area contributed by atoms with Crippen LogP contribution in [-0.2, 0) is 31.0 Å². The molecule has 0 aliphatic carbocycles. The second-order valence-corrected chi connectivity index (χ2v) is 12.0. The summed E-state index contributed by atoms with van der Waals surface area (Å²) < 4.78 is 91.7. The lowest BCUT2D eigenvalue weighted by molar-refractivity contribution is -0.137. The van der Waals surface area contributed by atoms with Crippen molar-refractivity contribution in [3.63, 3.8) is 0 Å². The minimum Gasteiger partial charge on any atom is -0.325 e. The van der Waals surface area contributed by atoms with E-state index in [1.165, 1.54) is 42.5 Å². The molecule has 0 heterocycles. The number of hydrogen-bond donors (Lipinski definition) is 2. The van der Waals surface area contributed by atoms with Gasteiger partial charge in [-0.1, -0.05) is 35.3 Å². The summed E-state index contributed by atoms with van der Waals surface area (Å²) in [4.78, 5) is 12.3. The summed E-state index contributed by atoms with van der Waals surface area (Å²) in [6, 6.07) is 12.8. The number of benzene rings is 3. The number of carbonyl (C=O) groups excluding carboxylic acids is 1. The van der Waals surface area contributed by atoms with Crippen LogP contribution >= 0.6 is 23.2 Å². The lowest BCUT2D eigenvalue weighted by Gasteiger charge is -2.23. The fourth-order valence-corrected chi connectivity index (χ4v) is 5.40. The first-order chi connectivity index (χ1) is 17.1. The Labute approximate surface area is 221 Å². The molecule has 37 heavy (non-hydrogen) atoms. The van der Waals surface area contributed by atoms with E-state index in [9.17, 15) is 34.8 Å². The number of nitrogens with zero attached hydrogens (tertiary/aromatic N) is 1. The summed E-state index contributed by atoms with van der Waals surface area (Å²) >= 11 is 11.9. The van der Waals surface area contributed by atoms with E-state index < -0.39 is 44.2 Å². The van der Waals surface area contributed by atoms with Crippen LogP contribution in [0.2, 0.25) is 10.0 Å². The summed E-state index contributed by atoms with van der Waals surface area (Å²) in [7, 11) is -8.21. The molecule has 0 atom stereocenters. The van der Waals surface area contributed by atoms with Crippen LogP contribution in [0.15, 0.2) is 71.6 Å². The van der Waals surface area contributed by atoms with E-state index in [2.05, 4.69) is 10.0 Å². The summed E-state index contributed by atoms with van der Waals surface area (Å²) in [6.07, 6.45) is -3.96. The van der Waals surface area contributed by atoms with Crippen LogP contribution in [-0.4, -0.2) is 35.5 Å². The van der Waals surface area contributed by atoms with Gasteiger partial charge in [-0.3, -0.25) is 13.8 Å². The van der Waals surface area contributed by atoms with Crippen molar-refractivity contribution in [2.75, 3.05) is 27.1 Å². The molecule has 3 aromatic rings. The molecule has 8 nitrogen and oxygen atoms in total. The molecule has 0 aliphatic rings. The zero-order valence-electron chi connectivity index (χ0n) is 18.8. The summed E-state index contributed by atoms with van der Waals surface area (Å²) in [5, 5.41) is 2.54. The van der Waals surface area contributed by atoms with Gasteiger partial charge in [0, 0.05) is 5.69 Å². The van der Waals surface area contributed by atoms with E-state index in [1.54, 1.807) is 0 Å². The van der Waals surface area contributed by atoms with Gasteiger partial charge >= 0.3 is 6.18 Å². The number of halogens is 5. The van der Waals surface area contributed by atoms with Crippen LogP contribution in [0.4, 0.5) is 30.2 Å². The van der Waals surface area contributed by atoms with Crippen LogP contribution in [0.25, 0.3) is 0 Å². The zero-order chi connectivity index (χ0) is 27.6. The van der Waals surface area contributed by atoms with E-state index >= 15 is 0 Å². The first kappa shape index (κ1) is 28.6. The number of sulfonamides is 2. The molecule has 1 amide bonds. The molecule has 0 saturated carbocycles. The Balaban J connectivity index is 1.75. The third-order valence-corrected chi connectivity index (χ3v) is 8.13. The molecule has 2 N–H and O–H groups in total. The molecule has 3 aromatic carbocycles. The summed E-state index contributed by atoms with van der Waals surface area (Å²) in [5.74, 6) is -0.873. The van der Waals surface area contributed by atoms with Gasteiger partial charge in [0.15, 0.2) is 0 Å². The van der Waals surface area contributed by atoms with Gasteiger partial charge in [0.2, 0.25) is 15.9 Å². The molecule has 0 fully saturated rings. The predicted octanol–water partition coefficient (Wildman–Crippen LogP) is 5.22. The van der Waals surface area contributed by atoms with Crippen molar-refractivity contribution in [2.45, 2.75) is 11.1 Å². The topological polar surface area (TPSA) is 113 Å². The number of hydrogen-bond acceptors (Lipinski definition) is 5. The SMILES string of the molecule is CS(=O)(=O)N(CC(=O)Nc1ccc(S(=O)(=O)Nc2cccc(Cl)c2Cl)cc1)c1cccc(C(F)(F)F)c1. The Morgan fingerprint density at radius 3 is 2.16 bits per heavy atom. The van der Waals surface area contributed by atoms with Crippen molar-refractivity contribution < 1.29 is 34.8 Å². The number of alkyl halides is 3. The van der Waals surface area contributed by atoms with Gasteiger partial charge in [0.05, 0.1) is 38.1 Å². The standard InChI is InChI=1S/C22H18Cl2F3N3O5S2/c1-36(32,33)30(16-5-2-4-14(12-16)22(25,26)27)13-20(31)28-15-8-10-17(11-9-15)37(34,35)29-19-7-3-6-18(23)21(19)24/h2-12,29H,13H2,1H3,(H,28,31). The Hall–Kier alpha value is -3.00. The molecule has 15 heteroatoms. The van der Waals surface area contributed by atoms with Crippen molar-refractivity contribution in [1.82, 2.24) is 0 Å². The lowest BCUT2D eigenvalue weighted by Crippen LogP contribution is -2.37. The first-order valence-corrected chi connectivity index (χ1v) is 14.2. The fourth-order valence-electron chi connectivity index (χ4n) is 3.07. The molecule has 0 bridgehead atoms. The molecule has 0 aromatic heterocycles. The molecule has 0 spiro atoms. The molecule has 0 saturated heterocycles. The third kappa shape index (κ3) is 7.28. The highest BCUT2D eigenvalue weighted by atomic mass is 35.5. The van der Waals surface area contributed by atoms with E-state index in [-0.39, 0.29) is 32.0 Å². The lowest BCUT2D eigenvalue weighted by atomic mass is 10.2. The molecule has 0 radical (unpaired) electrons. The van der Waals surface area contributed by atoms with Gasteiger partial charge in [0.1, 0.15) is 6.54 Å². The van der Waals surface area contributed by atoms with E-state index in [1.807, 2.05) is 0 Å². The van der Waals surface area contributed by atoms with Crippen molar-refractivity contribution in [3.8, 4) is 0 Å². The zero-order valence-corrected chi connectivity index (χ0v) is 21.9. The maximum Gasteiger partial charge on any atom is 0.416 e. The summed E-state index contributed by atoms with van der Waals surface area (Å²) in [6.45, 7) is -0.824. The number of carbonyl (C=O) groups is 1. The normalized spacial score (nSPS) is 12.2. The highest BCUT2D eigenvalue weighted by molar-refractivity contribution is 7.92. The number of anilines is 3. The molecule has 0 aliphatic heterocycles. The van der Waals surface area contributed by atoms with Crippen molar-refractivity contribution in [2.24, 2.45) is 0 Å². The fraction of sp³-hybridized carbons (Fsp3) is 0.136. The quantitative estimate of drug-likeness (QED) is 0.371. The maximum atomic E-state index is 13.0. The number of rotatable bonds is 8. The molecule has 198 valence electrons. The largest absolute Gasteiger partial charge is 0.416 e. The van der Waals surface area contributed by atoms with E-state index in [0.717, 1.165) is 24.5 Å². The van der Waals surface area contributed by atoms with Crippen LogP contribution in [0, 0.1) is 0 Å². The predicted molar refractivity (Wildman–Crippen MR) is 136 cm³/mol. The first-order valence-electron chi connectivity index (χ1n) is 10.1. The Morgan fingerprint density at radius 1 is 0.946 bits per heavy atom. The van der Waals surface area contributed by atoms with Crippen LogP contribution in [0.1, 0.15) is 5.56 Å². The van der Waals surface area contributed by atoms with Crippen LogP contribution in [0.5, 0.6) is 0 Å². The van der Waals surface area contributed by atoms with Gasteiger partial charge in [-0.15, -0.1) is 0 Å². The summed E-state index contributed by atoms with van der Waals surface area (Å²) in [5.41, 5.74) is -1.26. The number of nitrogens with one attached hydrogen (secondary N) is 2. The van der Waals surface area contributed by atoms with E-state index in [0.29, 0.717) is 10.4 Å². The van der Waals surface area contributed by atoms with Gasteiger partial charge in [-0.05, 0) is 54.6 Å². The Bertz CT molecular complexity index is 1530. The van der Waals surface area contributed by atoms with Crippen molar-refractivity contribution in [3.05, 3.63) is 82.3 Å². The Morgan fingerprint density at radius 2 is 1.57 bits per heavy atom. The second kappa shape index (κ2) is 10.8. The molecular weight excluding hydrogens is 578 g/mol. The minimum atomic E-state index is -4.71. The Kier molecular flexibility index (Phi) is 8.32. The average Bonchev–Trinajstić information content (AvgIpc) is 2.79. The number of amides is 1. The average molecular weight is 596 g/mol. The smallest absolute Gasteiger partial charge is 0.325 e. The van der Waals surface area contributed by atoms with Crippen molar-refractivity contribution in [1.29, 1.82) is 0 Å². The maximum absolute atomic E-state index is 13.0. The van der Waals surface area contributed by atoms with Gasteiger partial charge in [-0.25, -0.2) is 16.8 Å². The monoisotopic (exact) mass is 595 g/mol. The molecular formula is C22H18Cl2F3N3O5S2. The highest BCUT2D eigenvalue weighted by Gasteiger charge is 2.32. The van der Waals surface area contributed by atoms with Gasteiger partial charge < -0.3 is 5.32 Å².